The number of benzene rings is 1. The second kappa shape index (κ2) is 6.33. The SMILES string of the molecule is C[C@H](CCc1ccc(F)cc1)C1CCN(C)CC1. The molecular weight excluding hydrogens is 225 g/mol. The minimum atomic E-state index is -0.137. The lowest BCUT2D eigenvalue weighted by atomic mass is 9.82. The molecule has 1 aromatic carbocycles. The van der Waals surface area contributed by atoms with Gasteiger partial charge in [0.2, 0.25) is 0 Å². The Bertz CT molecular complexity index is 352. The Kier molecular flexibility index (Phi) is 4.76. The molecule has 1 atom stereocenters. The van der Waals surface area contributed by atoms with E-state index in [9.17, 15) is 4.39 Å². The fraction of sp³-hybridized carbons (Fsp3) is 0.625. The summed E-state index contributed by atoms with van der Waals surface area (Å²) in [5.74, 6) is 1.52. The zero-order valence-corrected chi connectivity index (χ0v) is 11.5. The minimum Gasteiger partial charge on any atom is -0.306 e. The van der Waals surface area contributed by atoms with Gasteiger partial charge in [-0.3, -0.25) is 0 Å². The molecule has 0 N–H and O–H groups in total. The predicted octanol–water partition coefficient (Wildman–Crippen LogP) is 3.74. The minimum absolute atomic E-state index is 0.137. The van der Waals surface area contributed by atoms with Gasteiger partial charge >= 0.3 is 0 Å². The Hall–Kier alpha value is -0.890. The average Bonchev–Trinajstić information content (AvgIpc) is 2.38. The number of hydrogen-bond donors (Lipinski definition) is 0. The molecule has 0 spiro atoms. The number of piperidine rings is 1. The molecule has 2 heteroatoms. The molecular formula is C16H24FN. The summed E-state index contributed by atoms with van der Waals surface area (Å²) in [5, 5.41) is 0. The third-order valence-corrected chi connectivity index (χ3v) is 4.37. The van der Waals surface area contributed by atoms with Crippen molar-refractivity contribution in [3.05, 3.63) is 35.6 Å². The van der Waals surface area contributed by atoms with Crippen LogP contribution in [-0.4, -0.2) is 25.0 Å². The third kappa shape index (κ3) is 3.81. The summed E-state index contributed by atoms with van der Waals surface area (Å²) < 4.78 is 12.8. The summed E-state index contributed by atoms with van der Waals surface area (Å²) in [6.45, 7) is 4.86. The number of halogens is 1. The van der Waals surface area contributed by atoms with E-state index < -0.39 is 0 Å². The Labute approximate surface area is 110 Å². The van der Waals surface area contributed by atoms with Crippen LogP contribution >= 0.6 is 0 Å². The molecule has 0 unspecified atom stereocenters. The summed E-state index contributed by atoms with van der Waals surface area (Å²) in [4.78, 5) is 2.42. The van der Waals surface area contributed by atoms with Crippen molar-refractivity contribution in [1.29, 1.82) is 0 Å². The summed E-state index contributed by atoms with van der Waals surface area (Å²) in [6.07, 6.45) is 4.97. The van der Waals surface area contributed by atoms with Crippen LogP contribution in [0.1, 0.15) is 31.7 Å². The van der Waals surface area contributed by atoms with Gasteiger partial charge in [-0.15, -0.1) is 0 Å². The highest BCUT2D eigenvalue weighted by molar-refractivity contribution is 5.16. The van der Waals surface area contributed by atoms with Crippen LogP contribution in [-0.2, 0) is 6.42 Å². The first-order valence-corrected chi connectivity index (χ1v) is 7.08. The molecule has 0 saturated carbocycles. The van der Waals surface area contributed by atoms with Gasteiger partial charge in [-0.2, -0.15) is 0 Å². The lowest BCUT2D eigenvalue weighted by molar-refractivity contribution is 0.173. The summed E-state index contributed by atoms with van der Waals surface area (Å²) >= 11 is 0. The van der Waals surface area contributed by atoms with Crippen molar-refractivity contribution in [2.75, 3.05) is 20.1 Å². The number of aryl methyl sites for hydroxylation is 1. The first kappa shape index (κ1) is 13.5. The van der Waals surface area contributed by atoms with Gasteiger partial charge in [-0.1, -0.05) is 19.1 Å². The molecule has 1 saturated heterocycles. The molecule has 0 amide bonds. The molecule has 1 heterocycles. The highest BCUT2D eigenvalue weighted by Crippen LogP contribution is 2.27. The van der Waals surface area contributed by atoms with Crippen LogP contribution in [0.5, 0.6) is 0 Å². The molecule has 1 aromatic rings. The lowest BCUT2D eigenvalue weighted by Crippen LogP contribution is -2.32. The quantitative estimate of drug-likeness (QED) is 0.786. The van der Waals surface area contributed by atoms with Gasteiger partial charge in [0, 0.05) is 0 Å². The van der Waals surface area contributed by atoms with Crippen LogP contribution in [0.15, 0.2) is 24.3 Å². The van der Waals surface area contributed by atoms with Gasteiger partial charge in [-0.05, 0) is 75.4 Å². The van der Waals surface area contributed by atoms with Crippen molar-refractivity contribution >= 4 is 0 Å². The molecule has 2 rings (SSSR count). The van der Waals surface area contributed by atoms with Gasteiger partial charge in [-0.25, -0.2) is 4.39 Å². The van der Waals surface area contributed by atoms with E-state index in [0.29, 0.717) is 0 Å². The fourth-order valence-electron chi connectivity index (χ4n) is 2.88. The largest absolute Gasteiger partial charge is 0.306 e. The molecule has 0 aromatic heterocycles. The van der Waals surface area contributed by atoms with Crippen molar-refractivity contribution in [3.8, 4) is 0 Å². The van der Waals surface area contributed by atoms with Gasteiger partial charge in [0.15, 0.2) is 0 Å². The molecule has 18 heavy (non-hydrogen) atoms. The van der Waals surface area contributed by atoms with Crippen molar-refractivity contribution in [3.63, 3.8) is 0 Å². The fourth-order valence-corrected chi connectivity index (χ4v) is 2.88. The lowest BCUT2D eigenvalue weighted by Gasteiger charge is -2.32. The van der Waals surface area contributed by atoms with Crippen molar-refractivity contribution in [1.82, 2.24) is 4.90 Å². The standard InChI is InChI=1S/C16H24FN/c1-13(15-9-11-18(2)12-10-15)3-4-14-5-7-16(17)8-6-14/h5-8,13,15H,3-4,9-12H2,1-2H3/t13-/m1/s1. The molecule has 1 aliphatic rings. The maximum absolute atomic E-state index is 12.8. The summed E-state index contributed by atoms with van der Waals surface area (Å²) in [5.41, 5.74) is 1.26. The zero-order chi connectivity index (χ0) is 13.0. The third-order valence-electron chi connectivity index (χ3n) is 4.37. The molecule has 100 valence electrons. The van der Waals surface area contributed by atoms with E-state index in [1.807, 2.05) is 12.1 Å². The van der Waals surface area contributed by atoms with Crippen LogP contribution in [0.3, 0.4) is 0 Å². The van der Waals surface area contributed by atoms with Gasteiger partial charge in [0.25, 0.3) is 0 Å². The van der Waals surface area contributed by atoms with E-state index >= 15 is 0 Å². The van der Waals surface area contributed by atoms with E-state index in [-0.39, 0.29) is 5.82 Å². The Morgan fingerprint density at radius 3 is 2.44 bits per heavy atom. The number of likely N-dealkylation sites (tertiary alicyclic amines) is 1. The van der Waals surface area contributed by atoms with Crippen LogP contribution in [0.25, 0.3) is 0 Å². The monoisotopic (exact) mass is 249 g/mol. The number of nitrogens with zero attached hydrogens (tertiary/aromatic N) is 1. The maximum Gasteiger partial charge on any atom is 0.123 e. The Morgan fingerprint density at radius 2 is 1.83 bits per heavy atom. The molecule has 0 bridgehead atoms. The van der Waals surface area contributed by atoms with Gasteiger partial charge in [0.1, 0.15) is 5.82 Å². The normalized spacial score (nSPS) is 19.9. The molecule has 1 nitrogen and oxygen atoms in total. The molecule has 1 fully saturated rings. The van der Waals surface area contributed by atoms with E-state index in [0.717, 1.165) is 18.3 Å². The van der Waals surface area contributed by atoms with Crippen LogP contribution in [0.2, 0.25) is 0 Å². The predicted molar refractivity (Wildman–Crippen MR) is 74.1 cm³/mol. The second-order valence-corrected chi connectivity index (χ2v) is 5.78. The van der Waals surface area contributed by atoms with E-state index in [2.05, 4.69) is 18.9 Å². The van der Waals surface area contributed by atoms with Gasteiger partial charge < -0.3 is 4.90 Å². The summed E-state index contributed by atoms with van der Waals surface area (Å²) in [6, 6.07) is 6.96. The Balaban J connectivity index is 1.77. The zero-order valence-electron chi connectivity index (χ0n) is 11.5. The van der Waals surface area contributed by atoms with E-state index in [4.69, 9.17) is 0 Å². The van der Waals surface area contributed by atoms with Crippen LogP contribution in [0.4, 0.5) is 4.39 Å². The van der Waals surface area contributed by atoms with Gasteiger partial charge in [0.05, 0.1) is 0 Å². The average molecular weight is 249 g/mol. The highest BCUT2D eigenvalue weighted by atomic mass is 19.1. The maximum atomic E-state index is 12.8. The summed E-state index contributed by atoms with van der Waals surface area (Å²) in [7, 11) is 2.21. The smallest absolute Gasteiger partial charge is 0.123 e. The molecule has 0 aliphatic carbocycles. The van der Waals surface area contributed by atoms with Crippen molar-refractivity contribution < 1.29 is 4.39 Å². The van der Waals surface area contributed by atoms with Crippen molar-refractivity contribution in [2.45, 2.75) is 32.6 Å². The van der Waals surface area contributed by atoms with Crippen LogP contribution in [0, 0.1) is 17.7 Å². The molecule has 1 aliphatic heterocycles. The first-order valence-electron chi connectivity index (χ1n) is 7.08. The molecule has 0 radical (unpaired) electrons. The number of rotatable bonds is 4. The highest BCUT2D eigenvalue weighted by Gasteiger charge is 2.21. The number of hydrogen-bond acceptors (Lipinski definition) is 1. The van der Waals surface area contributed by atoms with E-state index in [1.54, 1.807) is 12.1 Å². The topological polar surface area (TPSA) is 3.24 Å². The Morgan fingerprint density at radius 1 is 1.22 bits per heavy atom. The second-order valence-electron chi connectivity index (χ2n) is 5.78. The van der Waals surface area contributed by atoms with E-state index in [1.165, 1.54) is 37.9 Å². The first-order chi connectivity index (χ1) is 8.65. The van der Waals surface area contributed by atoms with Crippen molar-refractivity contribution in [2.24, 2.45) is 11.8 Å². The van der Waals surface area contributed by atoms with Crippen LogP contribution < -0.4 is 0 Å².